The molecule has 4 rings (SSSR count). The summed E-state index contributed by atoms with van der Waals surface area (Å²) in [7, 11) is 0. The normalized spacial score (nSPS) is 22.0. The highest BCUT2D eigenvalue weighted by Gasteiger charge is 2.47. The first-order chi connectivity index (χ1) is 13.5. The number of likely N-dealkylation sites (tertiary alicyclic amines) is 1. The zero-order chi connectivity index (χ0) is 19.7. The monoisotopic (exact) mass is 401 g/mol. The van der Waals surface area contributed by atoms with Gasteiger partial charge in [-0.05, 0) is 48.9 Å². The molecule has 0 bridgehead atoms. The van der Waals surface area contributed by atoms with Gasteiger partial charge in [-0.3, -0.25) is 9.59 Å². The van der Waals surface area contributed by atoms with Crippen LogP contribution in [0.1, 0.15) is 30.7 Å². The second-order valence-electron chi connectivity index (χ2n) is 7.42. The molecule has 0 spiro atoms. The minimum Gasteiger partial charge on any atom is -0.342 e. The average molecular weight is 402 g/mol. The average Bonchev–Trinajstić information content (AvgIpc) is 3.50. The van der Waals surface area contributed by atoms with E-state index in [2.05, 4.69) is 10.3 Å². The number of piperidine rings is 1. The van der Waals surface area contributed by atoms with Crippen LogP contribution < -0.4 is 5.32 Å². The van der Waals surface area contributed by atoms with Crippen LogP contribution in [0.3, 0.4) is 0 Å². The fraction of sp³-hybridized carbons (Fsp3) is 0.381. The van der Waals surface area contributed by atoms with Crippen molar-refractivity contribution in [2.45, 2.75) is 25.2 Å². The molecule has 2 unspecified atom stereocenters. The molecule has 1 aromatic heterocycles. The summed E-state index contributed by atoms with van der Waals surface area (Å²) in [6, 6.07) is 10.00. The number of benzene rings is 1. The summed E-state index contributed by atoms with van der Waals surface area (Å²) in [5, 5.41) is 3.31. The predicted molar refractivity (Wildman–Crippen MR) is 104 cm³/mol. The topological polar surface area (TPSA) is 62.3 Å². The van der Waals surface area contributed by atoms with Gasteiger partial charge in [-0.15, -0.1) is 0 Å². The molecule has 2 aliphatic rings. The van der Waals surface area contributed by atoms with Crippen LogP contribution >= 0.6 is 11.6 Å². The van der Waals surface area contributed by atoms with E-state index in [0.717, 1.165) is 0 Å². The molecule has 1 N–H and O–H groups in total. The molecule has 2 aromatic rings. The largest absolute Gasteiger partial charge is 0.342 e. The molecule has 28 heavy (non-hydrogen) atoms. The maximum Gasteiger partial charge on any atom is 0.228 e. The van der Waals surface area contributed by atoms with E-state index in [1.54, 1.807) is 30.3 Å². The van der Waals surface area contributed by atoms with E-state index < -0.39 is 0 Å². The smallest absolute Gasteiger partial charge is 0.228 e. The third-order valence-electron chi connectivity index (χ3n) is 5.57. The first-order valence-electron chi connectivity index (χ1n) is 9.48. The zero-order valence-electron chi connectivity index (χ0n) is 15.3. The third-order valence-corrected chi connectivity index (χ3v) is 5.79. The van der Waals surface area contributed by atoms with Crippen LogP contribution in [0.15, 0.2) is 42.6 Å². The summed E-state index contributed by atoms with van der Waals surface area (Å²) >= 11 is 5.80. The lowest BCUT2D eigenvalue weighted by Crippen LogP contribution is -2.42. The highest BCUT2D eigenvalue weighted by atomic mass is 35.5. The Hall–Kier alpha value is -2.47. The Morgan fingerprint density at radius 3 is 2.57 bits per heavy atom. The molecule has 2 amide bonds. The highest BCUT2D eigenvalue weighted by Crippen LogP contribution is 2.49. The lowest BCUT2D eigenvalue weighted by molar-refractivity contribution is -0.135. The molecule has 2 fully saturated rings. The second-order valence-corrected chi connectivity index (χ2v) is 7.86. The third kappa shape index (κ3) is 4.02. The Labute approximate surface area is 167 Å². The van der Waals surface area contributed by atoms with E-state index in [-0.39, 0.29) is 35.4 Å². The zero-order valence-corrected chi connectivity index (χ0v) is 16.0. The number of hydrogen-bond donors (Lipinski definition) is 1. The molecule has 1 aliphatic carbocycles. The van der Waals surface area contributed by atoms with Crippen LogP contribution in [0.5, 0.6) is 0 Å². The van der Waals surface area contributed by atoms with Crippen LogP contribution in [0.2, 0.25) is 5.02 Å². The van der Waals surface area contributed by atoms with E-state index in [9.17, 15) is 14.0 Å². The van der Waals surface area contributed by atoms with Crippen molar-refractivity contribution in [1.29, 1.82) is 0 Å². The molecule has 5 nitrogen and oxygen atoms in total. The summed E-state index contributed by atoms with van der Waals surface area (Å²) in [6.07, 6.45) is 3.41. The molecule has 0 radical (unpaired) electrons. The summed E-state index contributed by atoms with van der Waals surface area (Å²) in [6.45, 7) is 1.09. The maximum absolute atomic E-state index is 13.9. The number of hydrogen-bond acceptors (Lipinski definition) is 3. The fourth-order valence-electron chi connectivity index (χ4n) is 3.86. The Bertz CT molecular complexity index is 881. The summed E-state index contributed by atoms with van der Waals surface area (Å²) in [5.41, 5.74) is 0.630. The standard InChI is InChI=1S/C21H21ClFN3O2/c22-14-5-6-19(24-12-14)25-20(27)13-7-9-26(10-8-13)21(28)17-11-16(17)15-3-1-2-4-18(15)23/h1-6,12-13,16-17H,7-11H2,(H,24,25,27). The van der Waals surface area contributed by atoms with E-state index >= 15 is 0 Å². The predicted octanol–water partition coefficient (Wildman–Crippen LogP) is 3.85. The number of rotatable bonds is 4. The van der Waals surface area contributed by atoms with Gasteiger partial charge >= 0.3 is 0 Å². The molecule has 1 saturated carbocycles. The van der Waals surface area contributed by atoms with Crippen LogP contribution in [0.25, 0.3) is 0 Å². The van der Waals surface area contributed by atoms with Crippen LogP contribution in [0, 0.1) is 17.7 Å². The summed E-state index contributed by atoms with van der Waals surface area (Å²) in [5.74, 6) is -0.0917. The Balaban J connectivity index is 1.28. The lowest BCUT2D eigenvalue weighted by atomic mass is 9.95. The van der Waals surface area contributed by atoms with E-state index in [0.29, 0.717) is 48.8 Å². The molecular formula is C21H21ClFN3O2. The number of anilines is 1. The van der Waals surface area contributed by atoms with Gasteiger partial charge in [0, 0.05) is 31.1 Å². The van der Waals surface area contributed by atoms with E-state index in [1.165, 1.54) is 12.3 Å². The Kier molecular flexibility index (Phi) is 5.31. The van der Waals surface area contributed by atoms with Crippen molar-refractivity contribution in [2.24, 2.45) is 11.8 Å². The molecular weight excluding hydrogens is 381 g/mol. The van der Waals surface area contributed by atoms with Crippen molar-refractivity contribution in [3.8, 4) is 0 Å². The highest BCUT2D eigenvalue weighted by molar-refractivity contribution is 6.30. The van der Waals surface area contributed by atoms with Crippen molar-refractivity contribution in [3.05, 3.63) is 59.0 Å². The summed E-state index contributed by atoms with van der Waals surface area (Å²) < 4.78 is 13.9. The fourth-order valence-corrected chi connectivity index (χ4v) is 3.97. The van der Waals surface area contributed by atoms with Crippen molar-refractivity contribution < 1.29 is 14.0 Å². The van der Waals surface area contributed by atoms with Crippen molar-refractivity contribution in [3.63, 3.8) is 0 Å². The first-order valence-corrected chi connectivity index (χ1v) is 9.86. The molecule has 2 atom stereocenters. The number of carbonyl (C=O) groups is 2. The van der Waals surface area contributed by atoms with Gasteiger partial charge in [-0.2, -0.15) is 0 Å². The van der Waals surface area contributed by atoms with Gasteiger partial charge in [-0.1, -0.05) is 29.8 Å². The van der Waals surface area contributed by atoms with Gasteiger partial charge in [0.1, 0.15) is 11.6 Å². The van der Waals surface area contributed by atoms with Gasteiger partial charge in [0.15, 0.2) is 0 Å². The quantitative estimate of drug-likeness (QED) is 0.846. The van der Waals surface area contributed by atoms with Crippen LogP contribution in [-0.2, 0) is 9.59 Å². The molecule has 2 heterocycles. The molecule has 7 heteroatoms. The van der Waals surface area contributed by atoms with Gasteiger partial charge in [0.05, 0.1) is 5.02 Å². The second kappa shape index (κ2) is 7.87. The lowest BCUT2D eigenvalue weighted by Gasteiger charge is -2.31. The Morgan fingerprint density at radius 1 is 1.14 bits per heavy atom. The molecule has 146 valence electrons. The van der Waals surface area contributed by atoms with Crippen LogP contribution in [0.4, 0.5) is 10.2 Å². The molecule has 1 saturated heterocycles. The van der Waals surface area contributed by atoms with Gasteiger partial charge in [0.25, 0.3) is 0 Å². The Morgan fingerprint density at radius 2 is 1.89 bits per heavy atom. The minimum atomic E-state index is -0.242. The number of pyridine rings is 1. The van der Waals surface area contributed by atoms with E-state index in [4.69, 9.17) is 11.6 Å². The van der Waals surface area contributed by atoms with Crippen molar-refractivity contribution in [1.82, 2.24) is 9.88 Å². The number of halogens is 2. The maximum atomic E-state index is 13.9. The number of nitrogens with one attached hydrogen (secondary N) is 1. The summed E-state index contributed by atoms with van der Waals surface area (Å²) in [4.78, 5) is 31.0. The number of aromatic nitrogens is 1. The van der Waals surface area contributed by atoms with Crippen molar-refractivity contribution >= 4 is 29.2 Å². The number of amides is 2. The number of nitrogens with zero attached hydrogens (tertiary/aromatic N) is 2. The molecule has 1 aromatic carbocycles. The van der Waals surface area contributed by atoms with Gasteiger partial charge < -0.3 is 10.2 Å². The van der Waals surface area contributed by atoms with Gasteiger partial charge in [-0.25, -0.2) is 9.37 Å². The van der Waals surface area contributed by atoms with E-state index in [1.807, 2.05) is 4.90 Å². The van der Waals surface area contributed by atoms with Crippen molar-refractivity contribution in [2.75, 3.05) is 18.4 Å². The van der Waals surface area contributed by atoms with Crippen LogP contribution in [-0.4, -0.2) is 34.8 Å². The SMILES string of the molecule is O=C(Nc1ccc(Cl)cn1)C1CCN(C(=O)C2CC2c2ccccc2F)CC1. The molecule has 1 aliphatic heterocycles. The van der Waals surface area contributed by atoms with Gasteiger partial charge in [0.2, 0.25) is 11.8 Å². The minimum absolute atomic E-state index is 0.0225. The first kappa shape index (κ1) is 18.9. The number of carbonyl (C=O) groups excluding carboxylic acids is 2.